The molecular formula is C20H22N2O6S. The van der Waals surface area contributed by atoms with Crippen molar-refractivity contribution in [3.63, 3.8) is 0 Å². The first kappa shape index (κ1) is 22.3. The molecule has 1 atom stereocenters. The van der Waals surface area contributed by atoms with Gasteiger partial charge in [-0.05, 0) is 57.2 Å². The van der Waals surface area contributed by atoms with Crippen molar-refractivity contribution in [2.75, 3.05) is 5.32 Å². The maximum atomic E-state index is 12.2. The van der Waals surface area contributed by atoms with Crippen LogP contribution in [0.5, 0.6) is 0 Å². The van der Waals surface area contributed by atoms with E-state index in [0.29, 0.717) is 17.5 Å². The number of benzene rings is 2. The molecular weight excluding hydrogens is 396 g/mol. The highest BCUT2D eigenvalue weighted by atomic mass is 32.2. The van der Waals surface area contributed by atoms with Gasteiger partial charge in [-0.1, -0.05) is 12.1 Å². The topological polar surface area (TPSA) is 119 Å². The summed E-state index contributed by atoms with van der Waals surface area (Å²) in [7, 11) is -3.63. The molecule has 0 heterocycles. The van der Waals surface area contributed by atoms with Crippen LogP contribution in [0.25, 0.3) is 0 Å². The van der Waals surface area contributed by atoms with Crippen LogP contribution in [0, 0.1) is 0 Å². The number of rotatable bonds is 8. The predicted octanol–water partition coefficient (Wildman–Crippen LogP) is 2.37. The van der Waals surface area contributed by atoms with E-state index in [4.69, 9.17) is 4.74 Å². The van der Waals surface area contributed by atoms with Gasteiger partial charge in [-0.3, -0.25) is 9.59 Å². The Morgan fingerprint density at radius 2 is 1.55 bits per heavy atom. The van der Waals surface area contributed by atoms with Crippen LogP contribution >= 0.6 is 0 Å². The zero-order valence-corrected chi connectivity index (χ0v) is 17.0. The molecule has 0 saturated heterocycles. The Kier molecular flexibility index (Phi) is 7.24. The Bertz CT molecular complexity index is 983. The molecule has 0 aliphatic heterocycles. The zero-order valence-electron chi connectivity index (χ0n) is 16.2. The molecule has 8 nitrogen and oxygen atoms in total. The van der Waals surface area contributed by atoms with Crippen LogP contribution < -0.4 is 10.0 Å². The van der Waals surface area contributed by atoms with Gasteiger partial charge >= 0.3 is 5.97 Å². The summed E-state index contributed by atoms with van der Waals surface area (Å²) in [6, 6.07) is 11.2. The number of anilines is 1. The van der Waals surface area contributed by atoms with E-state index in [2.05, 4.69) is 10.0 Å². The lowest BCUT2D eigenvalue weighted by molar-refractivity contribution is -0.123. The average Bonchev–Trinajstić information content (AvgIpc) is 2.67. The molecule has 2 aromatic rings. The quantitative estimate of drug-likeness (QED) is 0.502. The number of ether oxygens (including phenoxy) is 1. The number of carbonyl (C=O) groups is 3. The largest absolute Gasteiger partial charge is 0.449 e. The Morgan fingerprint density at radius 1 is 0.966 bits per heavy atom. The SMILES string of the molecule is CC(C)NS(=O)(=O)c1ccc(NC(=O)C(C)OC(=O)c2ccc(C=O)cc2)cc1. The van der Waals surface area contributed by atoms with Crippen LogP contribution in [0.4, 0.5) is 5.69 Å². The fourth-order valence-corrected chi connectivity index (χ4v) is 3.57. The minimum absolute atomic E-state index is 0.0717. The molecule has 0 aromatic heterocycles. The van der Waals surface area contributed by atoms with E-state index in [-0.39, 0.29) is 16.5 Å². The van der Waals surface area contributed by atoms with Gasteiger partial charge in [-0.25, -0.2) is 17.9 Å². The molecule has 1 amide bonds. The number of hydrogen-bond donors (Lipinski definition) is 2. The van der Waals surface area contributed by atoms with Gasteiger partial charge in [0.05, 0.1) is 10.5 Å². The van der Waals surface area contributed by atoms with E-state index < -0.39 is 28.0 Å². The van der Waals surface area contributed by atoms with Crippen LogP contribution in [0.1, 0.15) is 41.5 Å². The third-order valence-electron chi connectivity index (χ3n) is 3.76. The van der Waals surface area contributed by atoms with Crippen LogP contribution in [0.15, 0.2) is 53.4 Å². The van der Waals surface area contributed by atoms with Crippen molar-refractivity contribution in [2.24, 2.45) is 0 Å². The van der Waals surface area contributed by atoms with Gasteiger partial charge in [0, 0.05) is 17.3 Å². The molecule has 0 spiro atoms. The highest BCUT2D eigenvalue weighted by molar-refractivity contribution is 7.89. The summed E-state index contributed by atoms with van der Waals surface area (Å²) < 4.78 is 31.8. The van der Waals surface area contributed by atoms with Crippen LogP contribution in [-0.4, -0.2) is 38.7 Å². The lowest BCUT2D eigenvalue weighted by Gasteiger charge is -2.14. The van der Waals surface area contributed by atoms with Crippen molar-refractivity contribution in [2.45, 2.75) is 37.8 Å². The van der Waals surface area contributed by atoms with Gasteiger partial charge in [-0.15, -0.1) is 0 Å². The summed E-state index contributed by atoms with van der Waals surface area (Å²) in [6.45, 7) is 4.84. The molecule has 2 rings (SSSR count). The number of hydrogen-bond acceptors (Lipinski definition) is 6. The van der Waals surface area contributed by atoms with Crippen molar-refractivity contribution < 1.29 is 27.5 Å². The number of nitrogens with one attached hydrogen (secondary N) is 2. The lowest BCUT2D eigenvalue weighted by Crippen LogP contribution is -2.30. The van der Waals surface area contributed by atoms with E-state index in [1.54, 1.807) is 13.8 Å². The van der Waals surface area contributed by atoms with Crippen LogP contribution in [0.3, 0.4) is 0 Å². The number of esters is 1. The van der Waals surface area contributed by atoms with E-state index in [0.717, 1.165) is 0 Å². The summed E-state index contributed by atoms with van der Waals surface area (Å²) in [4.78, 5) is 35.0. The second-order valence-electron chi connectivity index (χ2n) is 6.58. The number of carbonyl (C=O) groups excluding carboxylic acids is 3. The van der Waals surface area contributed by atoms with Gasteiger partial charge in [0.1, 0.15) is 6.29 Å². The maximum Gasteiger partial charge on any atom is 0.338 e. The molecule has 0 fully saturated rings. The van der Waals surface area contributed by atoms with Gasteiger partial charge < -0.3 is 10.1 Å². The van der Waals surface area contributed by atoms with Gasteiger partial charge in [0.2, 0.25) is 10.0 Å². The Morgan fingerprint density at radius 3 is 2.07 bits per heavy atom. The second-order valence-corrected chi connectivity index (χ2v) is 8.29. The highest BCUT2D eigenvalue weighted by Gasteiger charge is 2.20. The van der Waals surface area contributed by atoms with E-state index in [1.165, 1.54) is 55.5 Å². The van der Waals surface area contributed by atoms with Crippen molar-refractivity contribution >= 4 is 33.9 Å². The van der Waals surface area contributed by atoms with Gasteiger partial charge in [-0.2, -0.15) is 0 Å². The summed E-state index contributed by atoms with van der Waals surface area (Å²) >= 11 is 0. The van der Waals surface area contributed by atoms with Crippen molar-refractivity contribution in [3.8, 4) is 0 Å². The minimum atomic E-state index is -3.63. The van der Waals surface area contributed by atoms with Crippen molar-refractivity contribution in [1.82, 2.24) is 4.72 Å². The van der Waals surface area contributed by atoms with E-state index in [1.807, 2.05) is 0 Å². The normalized spacial score (nSPS) is 12.3. The molecule has 2 aromatic carbocycles. The summed E-state index contributed by atoms with van der Waals surface area (Å²) in [5.41, 5.74) is 0.987. The Hall–Kier alpha value is -3.04. The molecule has 0 radical (unpaired) electrons. The summed E-state index contributed by atoms with van der Waals surface area (Å²) in [5, 5.41) is 2.56. The van der Waals surface area contributed by atoms with Crippen molar-refractivity contribution in [1.29, 1.82) is 0 Å². The predicted molar refractivity (Wildman–Crippen MR) is 107 cm³/mol. The van der Waals surface area contributed by atoms with Gasteiger partial charge in [0.15, 0.2) is 6.10 Å². The second kappa shape index (κ2) is 9.44. The Labute approximate surface area is 169 Å². The average molecular weight is 418 g/mol. The molecule has 29 heavy (non-hydrogen) atoms. The molecule has 0 aliphatic carbocycles. The smallest absolute Gasteiger partial charge is 0.338 e. The summed E-state index contributed by atoms with van der Waals surface area (Å²) in [5.74, 6) is -1.27. The lowest BCUT2D eigenvalue weighted by atomic mass is 10.1. The number of amides is 1. The van der Waals surface area contributed by atoms with Crippen LogP contribution in [-0.2, 0) is 19.6 Å². The molecule has 9 heteroatoms. The minimum Gasteiger partial charge on any atom is -0.449 e. The molecule has 0 bridgehead atoms. The van der Waals surface area contributed by atoms with Crippen molar-refractivity contribution in [3.05, 3.63) is 59.7 Å². The van der Waals surface area contributed by atoms with Crippen LogP contribution in [0.2, 0.25) is 0 Å². The van der Waals surface area contributed by atoms with E-state index >= 15 is 0 Å². The first-order valence-corrected chi connectivity index (χ1v) is 10.3. The fraction of sp³-hybridized carbons (Fsp3) is 0.250. The number of aldehydes is 1. The molecule has 1 unspecified atom stereocenters. The molecule has 0 saturated carbocycles. The Balaban J connectivity index is 1.98. The number of sulfonamides is 1. The third-order valence-corrected chi connectivity index (χ3v) is 5.43. The first-order chi connectivity index (χ1) is 13.6. The standard InChI is InChI=1S/C20H22N2O6S/c1-13(2)22-29(26,27)18-10-8-17(9-11-18)21-19(24)14(3)28-20(25)16-6-4-15(12-23)5-7-16/h4-14,22H,1-3H3,(H,21,24). The molecule has 154 valence electrons. The molecule has 0 aliphatic rings. The monoisotopic (exact) mass is 418 g/mol. The third kappa shape index (κ3) is 6.23. The van der Waals surface area contributed by atoms with Gasteiger partial charge in [0.25, 0.3) is 5.91 Å². The zero-order chi connectivity index (χ0) is 21.6. The molecule has 2 N–H and O–H groups in total. The maximum absolute atomic E-state index is 12.2. The highest BCUT2D eigenvalue weighted by Crippen LogP contribution is 2.15. The van der Waals surface area contributed by atoms with E-state index in [9.17, 15) is 22.8 Å². The first-order valence-electron chi connectivity index (χ1n) is 8.82. The summed E-state index contributed by atoms with van der Waals surface area (Å²) in [6.07, 6.45) is -0.431. The fourth-order valence-electron chi connectivity index (χ4n) is 2.32.